The van der Waals surface area contributed by atoms with E-state index in [0.29, 0.717) is 10.1 Å². The van der Waals surface area contributed by atoms with Crippen molar-refractivity contribution in [3.05, 3.63) is 27.1 Å². The highest BCUT2D eigenvalue weighted by Crippen LogP contribution is 2.15. The van der Waals surface area contributed by atoms with Gasteiger partial charge in [0.25, 0.3) is 0 Å². The second-order valence-corrected chi connectivity index (χ2v) is 2.91. The lowest BCUT2D eigenvalue weighted by Crippen LogP contribution is -2.01. The van der Waals surface area contributed by atoms with Gasteiger partial charge >= 0.3 is 0 Å². The molecule has 56 valence electrons. The first-order valence-corrected chi connectivity index (χ1v) is 3.79. The number of nitrogens with zero attached hydrogens (tertiary/aromatic N) is 1. The van der Waals surface area contributed by atoms with E-state index in [9.17, 15) is 4.79 Å². The molecule has 0 aliphatic rings. The zero-order valence-electron chi connectivity index (χ0n) is 5.39. The molecule has 2 rings (SSSR count). The Morgan fingerprint density at radius 1 is 1.45 bits per heavy atom. The molecule has 11 heavy (non-hydrogen) atoms. The molecule has 0 atom stereocenters. The molecule has 2 aromatic heterocycles. The van der Waals surface area contributed by atoms with Crippen LogP contribution in [-0.4, -0.2) is 15.2 Å². The molecule has 0 radical (unpaired) electrons. The minimum absolute atomic E-state index is 0.125. The predicted octanol–water partition coefficient (Wildman–Crippen LogP) is 1.01. The molecule has 2 heterocycles. The number of aromatic amines is 2. The van der Waals surface area contributed by atoms with Crippen LogP contribution in [0.3, 0.4) is 0 Å². The smallest absolute Gasteiger partial charge is 0.248 e. The Bertz CT molecular complexity index is 444. The normalized spacial score (nSPS) is 10.6. The molecule has 0 bridgehead atoms. The van der Waals surface area contributed by atoms with Gasteiger partial charge < -0.3 is 4.98 Å². The highest BCUT2D eigenvalue weighted by Gasteiger charge is 2.00. The second-order valence-electron chi connectivity index (χ2n) is 2.12. The van der Waals surface area contributed by atoms with Gasteiger partial charge in [-0.25, -0.2) is 0 Å². The maximum atomic E-state index is 10.8. The van der Waals surface area contributed by atoms with Crippen molar-refractivity contribution in [3.8, 4) is 0 Å². The SMILES string of the molecule is O=c1ccc2n[nH]c(Br)c2[nH]1. The standard InChI is InChI=1S/C6H4BrN3O/c7-6-5-3(9-10-6)1-2-4(11)8-5/h1-2H,(H,8,11)(H,9,10). The number of nitrogens with one attached hydrogen (secondary N) is 2. The Labute approximate surface area is 69.8 Å². The molecule has 2 N–H and O–H groups in total. The summed E-state index contributed by atoms with van der Waals surface area (Å²) in [5.74, 6) is 0. The summed E-state index contributed by atoms with van der Waals surface area (Å²) in [5, 5.41) is 6.62. The summed E-state index contributed by atoms with van der Waals surface area (Å²) in [6.07, 6.45) is 0. The Hall–Kier alpha value is -1.10. The van der Waals surface area contributed by atoms with Crippen molar-refractivity contribution in [2.75, 3.05) is 0 Å². The number of pyridine rings is 1. The van der Waals surface area contributed by atoms with E-state index in [2.05, 4.69) is 31.1 Å². The minimum Gasteiger partial charge on any atom is -0.318 e. The fourth-order valence-corrected chi connectivity index (χ4v) is 1.28. The first-order chi connectivity index (χ1) is 5.27. The van der Waals surface area contributed by atoms with Crippen LogP contribution >= 0.6 is 15.9 Å². The van der Waals surface area contributed by atoms with E-state index >= 15 is 0 Å². The molecule has 5 heteroatoms. The molecular weight excluding hydrogens is 210 g/mol. The Balaban J connectivity index is 2.98. The fourth-order valence-electron chi connectivity index (χ4n) is 0.893. The van der Waals surface area contributed by atoms with Crippen molar-refractivity contribution in [3.63, 3.8) is 0 Å². The zero-order valence-corrected chi connectivity index (χ0v) is 6.97. The molecule has 0 saturated heterocycles. The van der Waals surface area contributed by atoms with E-state index in [1.807, 2.05) is 0 Å². The summed E-state index contributed by atoms with van der Waals surface area (Å²) in [5.41, 5.74) is 1.33. The maximum Gasteiger partial charge on any atom is 0.248 e. The molecule has 0 fully saturated rings. The van der Waals surface area contributed by atoms with Crippen LogP contribution in [0.15, 0.2) is 21.5 Å². The summed E-state index contributed by atoms with van der Waals surface area (Å²) in [6.45, 7) is 0. The Morgan fingerprint density at radius 2 is 2.27 bits per heavy atom. The van der Waals surface area contributed by atoms with Crippen molar-refractivity contribution in [1.29, 1.82) is 0 Å². The van der Waals surface area contributed by atoms with Gasteiger partial charge in [-0.2, -0.15) is 5.10 Å². The second kappa shape index (κ2) is 2.20. The van der Waals surface area contributed by atoms with E-state index in [1.165, 1.54) is 6.07 Å². The number of halogens is 1. The average molecular weight is 214 g/mol. The largest absolute Gasteiger partial charge is 0.318 e. The highest BCUT2D eigenvalue weighted by atomic mass is 79.9. The Morgan fingerprint density at radius 3 is 3.09 bits per heavy atom. The van der Waals surface area contributed by atoms with Crippen molar-refractivity contribution in [2.45, 2.75) is 0 Å². The lowest BCUT2D eigenvalue weighted by Gasteiger charge is -1.84. The topological polar surface area (TPSA) is 61.5 Å². The van der Waals surface area contributed by atoms with Crippen LogP contribution in [0.2, 0.25) is 0 Å². The molecule has 0 aromatic carbocycles. The third-order valence-corrected chi connectivity index (χ3v) is 1.96. The summed E-state index contributed by atoms with van der Waals surface area (Å²) in [6, 6.07) is 3.10. The molecule has 0 aliphatic heterocycles. The van der Waals surface area contributed by atoms with Gasteiger partial charge in [0.2, 0.25) is 5.56 Å². The van der Waals surface area contributed by atoms with E-state index in [-0.39, 0.29) is 5.56 Å². The number of hydrogen-bond acceptors (Lipinski definition) is 2. The van der Waals surface area contributed by atoms with Crippen molar-refractivity contribution in [2.24, 2.45) is 0 Å². The van der Waals surface area contributed by atoms with Gasteiger partial charge in [-0.3, -0.25) is 9.89 Å². The minimum atomic E-state index is -0.125. The van der Waals surface area contributed by atoms with Crippen LogP contribution < -0.4 is 5.56 Å². The third-order valence-electron chi connectivity index (χ3n) is 1.39. The summed E-state index contributed by atoms with van der Waals surface area (Å²) >= 11 is 3.21. The molecule has 4 nitrogen and oxygen atoms in total. The third kappa shape index (κ3) is 0.970. The number of H-pyrrole nitrogens is 2. The molecule has 0 amide bonds. The average Bonchev–Trinajstić information content (AvgIpc) is 2.33. The Kier molecular flexibility index (Phi) is 1.32. The first-order valence-electron chi connectivity index (χ1n) is 3.00. The van der Waals surface area contributed by atoms with Gasteiger partial charge in [-0.1, -0.05) is 0 Å². The van der Waals surface area contributed by atoms with Gasteiger partial charge in [0, 0.05) is 6.07 Å². The fraction of sp³-hybridized carbons (Fsp3) is 0. The molecule has 2 aromatic rings. The summed E-state index contributed by atoms with van der Waals surface area (Å²) in [4.78, 5) is 13.5. The molecule has 0 saturated carbocycles. The van der Waals surface area contributed by atoms with Gasteiger partial charge in [-0.15, -0.1) is 0 Å². The van der Waals surface area contributed by atoms with Crippen LogP contribution in [0.25, 0.3) is 11.0 Å². The van der Waals surface area contributed by atoms with Gasteiger partial charge in [0.1, 0.15) is 15.6 Å². The highest BCUT2D eigenvalue weighted by molar-refractivity contribution is 9.10. The van der Waals surface area contributed by atoms with Gasteiger partial charge in [0.05, 0.1) is 0 Å². The zero-order chi connectivity index (χ0) is 7.84. The van der Waals surface area contributed by atoms with Crippen LogP contribution in [0.5, 0.6) is 0 Å². The predicted molar refractivity (Wildman–Crippen MR) is 44.4 cm³/mol. The molecule has 0 unspecified atom stereocenters. The van der Waals surface area contributed by atoms with E-state index in [0.717, 1.165) is 5.52 Å². The summed E-state index contributed by atoms with van der Waals surface area (Å²) < 4.78 is 0.699. The van der Waals surface area contributed by atoms with E-state index < -0.39 is 0 Å². The van der Waals surface area contributed by atoms with Crippen LogP contribution in [0.4, 0.5) is 0 Å². The van der Waals surface area contributed by atoms with Crippen molar-refractivity contribution >= 4 is 27.0 Å². The van der Waals surface area contributed by atoms with Crippen molar-refractivity contribution in [1.82, 2.24) is 15.2 Å². The lowest BCUT2D eigenvalue weighted by atomic mass is 10.4. The molecule has 0 spiro atoms. The van der Waals surface area contributed by atoms with Crippen LogP contribution in [-0.2, 0) is 0 Å². The number of hydrogen-bond donors (Lipinski definition) is 2. The monoisotopic (exact) mass is 213 g/mol. The lowest BCUT2D eigenvalue weighted by molar-refractivity contribution is 1.10. The van der Waals surface area contributed by atoms with E-state index in [4.69, 9.17) is 0 Å². The quantitative estimate of drug-likeness (QED) is 0.687. The van der Waals surface area contributed by atoms with Crippen LogP contribution in [0, 0.1) is 0 Å². The number of rotatable bonds is 0. The van der Waals surface area contributed by atoms with Gasteiger partial charge in [0.15, 0.2) is 0 Å². The maximum absolute atomic E-state index is 10.8. The summed E-state index contributed by atoms with van der Waals surface area (Å²) in [7, 11) is 0. The van der Waals surface area contributed by atoms with Crippen molar-refractivity contribution < 1.29 is 0 Å². The van der Waals surface area contributed by atoms with Crippen LogP contribution in [0.1, 0.15) is 0 Å². The number of fused-ring (bicyclic) bond motifs is 1. The van der Waals surface area contributed by atoms with Gasteiger partial charge in [-0.05, 0) is 22.0 Å². The molecular formula is C6H4BrN3O. The van der Waals surface area contributed by atoms with E-state index in [1.54, 1.807) is 6.07 Å². The number of aromatic nitrogens is 3. The molecule has 0 aliphatic carbocycles. The first kappa shape index (κ1) is 6.60.